The lowest BCUT2D eigenvalue weighted by molar-refractivity contribution is -0.138. The van der Waals surface area contributed by atoms with E-state index in [-0.39, 0.29) is 24.3 Å². The zero-order valence-corrected chi connectivity index (χ0v) is 9.23. The summed E-state index contributed by atoms with van der Waals surface area (Å²) in [6.45, 7) is 4.87. The first-order chi connectivity index (χ1) is 7.02. The zero-order valence-electron chi connectivity index (χ0n) is 9.23. The number of likely N-dealkylation sites (tertiary alicyclic amines) is 1. The van der Waals surface area contributed by atoms with Gasteiger partial charge in [-0.2, -0.15) is 0 Å². The van der Waals surface area contributed by atoms with Gasteiger partial charge in [0.2, 0.25) is 11.8 Å². The molecule has 0 aromatic rings. The number of imide groups is 1. The molecule has 0 aromatic carbocycles. The summed E-state index contributed by atoms with van der Waals surface area (Å²) in [6, 6.07) is -0.636. The minimum Gasteiger partial charge on any atom is -0.379 e. The quantitative estimate of drug-likeness (QED) is 0.512. The summed E-state index contributed by atoms with van der Waals surface area (Å²) in [5.74, 6) is -0.429. The van der Waals surface area contributed by atoms with Crippen LogP contribution >= 0.6 is 0 Å². The maximum Gasteiger partial charge on any atom is 0.246 e. The lowest BCUT2D eigenvalue weighted by Crippen LogP contribution is -2.36. The van der Waals surface area contributed by atoms with Crippen molar-refractivity contribution in [3.05, 3.63) is 0 Å². The Morgan fingerprint density at radius 3 is 2.67 bits per heavy atom. The number of hydrogen-bond acceptors (Lipinski definition) is 4. The molecule has 0 aromatic heterocycles. The summed E-state index contributed by atoms with van der Waals surface area (Å²) in [5.41, 5.74) is 5.47. The van der Waals surface area contributed by atoms with Gasteiger partial charge in [0.1, 0.15) is 0 Å². The van der Waals surface area contributed by atoms with Crippen molar-refractivity contribution in [3.63, 3.8) is 0 Å². The Bertz CT molecular complexity index is 253. The first-order valence-corrected chi connectivity index (χ1v) is 5.23. The first-order valence-electron chi connectivity index (χ1n) is 5.23. The molecule has 0 spiro atoms. The van der Waals surface area contributed by atoms with Crippen LogP contribution in [0.25, 0.3) is 0 Å². The van der Waals surface area contributed by atoms with Crippen molar-refractivity contribution >= 4 is 11.8 Å². The zero-order chi connectivity index (χ0) is 11.4. The number of carbonyl (C=O) groups excluding carboxylic acids is 2. The summed E-state index contributed by atoms with van der Waals surface area (Å²) < 4.78 is 5.32. The smallest absolute Gasteiger partial charge is 0.246 e. The summed E-state index contributed by atoms with van der Waals surface area (Å²) in [4.78, 5) is 23.9. The lowest BCUT2D eigenvalue weighted by Gasteiger charge is -2.14. The Hall–Kier alpha value is -0.940. The molecule has 2 N–H and O–H groups in total. The van der Waals surface area contributed by atoms with Crippen molar-refractivity contribution in [2.45, 2.75) is 38.8 Å². The first kappa shape index (κ1) is 12.1. The molecule has 1 aliphatic rings. The van der Waals surface area contributed by atoms with Gasteiger partial charge in [0.05, 0.1) is 18.6 Å². The Morgan fingerprint density at radius 2 is 2.20 bits per heavy atom. The van der Waals surface area contributed by atoms with Crippen LogP contribution in [0.4, 0.5) is 0 Å². The highest BCUT2D eigenvalue weighted by atomic mass is 16.5. The van der Waals surface area contributed by atoms with Crippen LogP contribution in [0, 0.1) is 0 Å². The minimum absolute atomic E-state index is 0.143. The average molecular weight is 214 g/mol. The number of nitrogens with zero attached hydrogens (tertiary/aromatic N) is 1. The average Bonchev–Trinajstić information content (AvgIpc) is 2.37. The molecule has 1 atom stereocenters. The van der Waals surface area contributed by atoms with Gasteiger partial charge in [-0.05, 0) is 20.3 Å². The van der Waals surface area contributed by atoms with Crippen LogP contribution in [0.2, 0.25) is 0 Å². The normalized spacial score (nSPS) is 21.9. The van der Waals surface area contributed by atoms with Crippen molar-refractivity contribution in [3.8, 4) is 0 Å². The van der Waals surface area contributed by atoms with Crippen molar-refractivity contribution in [2.24, 2.45) is 5.73 Å². The van der Waals surface area contributed by atoms with E-state index >= 15 is 0 Å². The van der Waals surface area contributed by atoms with E-state index < -0.39 is 6.04 Å². The van der Waals surface area contributed by atoms with Gasteiger partial charge in [-0.3, -0.25) is 14.5 Å². The van der Waals surface area contributed by atoms with E-state index in [2.05, 4.69) is 0 Å². The van der Waals surface area contributed by atoms with E-state index in [1.165, 1.54) is 4.90 Å². The van der Waals surface area contributed by atoms with Gasteiger partial charge in [0, 0.05) is 13.2 Å². The third-order valence-corrected chi connectivity index (χ3v) is 2.26. The predicted molar refractivity (Wildman–Crippen MR) is 55.0 cm³/mol. The second-order valence-electron chi connectivity index (χ2n) is 3.97. The topological polar surface area (TPSA) is 72.6 Å². The van der Waals surface area contributed by atoms with Gasteiger partial charge in [-0.15, -0.1) is 0 Å². The van der Waals surface area contributed by atoms with E-state index in [4.69, 9.17) is 10.5 Å². The summed E-state index contributed by atoms with van der Waals surface area (Å²) in [6.07, 6.45) is 0.990. The fourth-order valence-electron chi connectivity index (χ4n) is 1.49. The fourth-order valence-corrected chi connectivity index (χ4v) is 1.49. The third-order valence-electron chi connectivity index (χ3n) is 2.26. The van der Waals surface area contributed by atoms with Crippen molar-refractivity contribution < 1.29 is 14.3 Å². The van der Waals surface area contributed by atoms with Gasteiger partial charge in [0.15, 0.2) is 0 Å². The maximum absolute atomic E-state index is 11.4. The van der Waals surface area contributed by atoms with Crippen LogP contribution in [0.15, 0.2) is 0 Å². The molecule has 0 unspecified atom stereocenters. The molecule has 1 saturated heterocycles. The number of rotatable bonds is 5. The van der Waals surface area contributed by atoms with Crippen LogP contribution in [0.3, 0.4) is 0 Å². The molecule has 1 fully saturated rings. The highest BCUT2D eigenvalue weighted by molar-refractivity contribution is 6.05. The lowest BCUT2D eigenvalue weighted by atomic mass is 10.3. The molecule has 1 rings (SSSR count). The molecule has 86 valence electrons. The van der Waals surface area contributed by atoms with E-state index in [1.54, 1.807) is 0 Å². The van der Waals surface area contributed by atoms with E-state index in [0.717, 1.165) is 0 Å². The number of hydrogen-bond donors (Lipinski definition) is 1. The van der Waals surface area contributed by atoms with E-state index in [9.17, 15) is 9.59 Å². The molecule has 0 saturated carbocycles. The van der Waals surface area contributed by atoms with Crippen molar-refractivity contribution in [2.75, 3.05) is 13.2 Å². The van der Waals surface area contributed by atoms with Gasteiger partial charge < -0.3 is 10.5 Å². The molecule has 15 heavy (non-hydrogen) atoms. The molecular formula is C10H18N2O3. The molecular weight excluding hydrogens is 196 g/mol. The standard InChI is InChI=1S/C10H18N2O3/c1-7(2)15-5-3-4-12-9(13)6-8(11)10(12)14/h7-8H,3-6,11H2,1-2H3/t8-/m1/s1. The SMILES string of the molecule is CC(C)OCCCN1C(=O)C[C@@H](N)C1=O. The third kappa shape index (κ3) is 3.28. The molecule has 5 nitrogen and oxygen atoms in total. The van der Waals surface area contributed by atoms with Gasteiger partial charge in [0.25, 0.3) is 0 Å². The maximum atomic E-state index is 11.4. The molecule has 0 radical (unpaired) electrons. The fraction of sp³-hybridized carbons (Fsp3) is 0.800. The van der Waals surface area contributed by atoms with Crippen molar-refractivity contribution in [1.82, 2.24) is 4.90 Å². The minimum atomic E-state index is -0.636. The number of amides is 2. The van der Waals surface area contributed by atoms with Crippen LogP contribution in [0.1, 0.15) is 26.7 Å². The van der Waals surface area contributed by atoms with Crippen LogP contribution in [-0.4, -0.2) is 42.0 Å². The van der Waals surface area contributed by atoms with E-state index in [1.807, 2.05) is 13.8 Å². The van der Waals surface area contributed by atoms with Gasteiger partial charge in [-0.25, -0.2) is 0 Å². The van der Waals surface area contributed by atoms with Crippen LogP contribution < -0.4 is 5.73 Å². The predicted octanol–water partition coefficient (Wildman–Crippen LogP) is -0.112. The molecule has 1 heterocycles. The summed E-state index contributed by atoms with van der Waals surface area (Å²) >= 11 is 0. The van der Waals surface area contributed by atoms with E-state index in [0.29, 0.717) is 19.6 Å². The number of carbonyl (C=O) groups is 2. The summed E-state index contributed by atoms with van der Waals surface area (Å²) in [5, 5.41) is 0. The second kappa shape index (κ2) is 5.23. The number of nitrogens with two attached hydrogens (primary N) is 1. The largest absolute Gasteiger partial charge is 0.379 e. The Labute approximate surface area is 89.6 Å². The Kier molecular flexibility index (Phi) is 4.23. The Morgan fingerprint density at radius 1 is 1.53 bits per heavy atom. The molecule has 2 amide bonds. The molecule has 0 bridgehead atoms. The van der Waals surface area contributed by atoms with Gasteiger partial charge >= 0.3 is 0 Å². The molecule has 1 aliphatic heterocycles. The summed E-state index contributed by atoms with van der Waals surface area (Å²) in [7, 11) is 0. The highest BCUT2D eigenvalue weighted by Crippen LogP contribution is 2.11. The van der Waals surface area contributed by atoms with Gasteiger partial charge in [-0.1, -0.05) is 0 Å². The van der Waals surface area contributed by atoms with Crippen molar-refractivity contribution in [1.29, 1.82) is 0 Å². The molecule has 5 heteroatoms. The Balaban J connectivity index is 2.27. The van der Waals surface area contributed by atoms with Crippen LogP contribution in [-0.2, 0) is 14.3 Å². The number of ether oxygens (including phenoxy) is 1. The molecule has 0 aliphatic carbocycles. The van der Waals surface area contributed by atoms with Crippen LogP contribution in [0.5, 0.6) is 0 Å². The highest BCUT2D eigenvalue weighted by Gasteiger charge is 2.35. The monoisotopic (exact) mass is 214 g/mol. The second-order valence-corrected chi connectivity index (χ2v) is 3.97.